The summed E-state index contributed by atoms with van der Waals surface area (Å²) in [5.74, 6) is -0.117. The van der Waals surface area contributed by atoms with Gasteiger partial charge in [-0.05, 0) is 69.3 Å². The van der Waals surface area contributed by atoms with Crippen LogP contribution in [0.3, 0.4) is 0 Å². The normalized spacial score (nSPS) is 16.5. The van der Waals surface area contributed by atoms with Crippen molar-refractivity contribution in [3.05, 3.63) is 56.3 Å². The van der Waals surface area contributed by atoms with Gasteiger partial charge in [0.15, 0.2) is 5.11 Å². The van der Waals surface area contributed by atoms with E-state index in [1.165, 1.54) is 0 Å². The highest BCUT2D eigenvalue weighted by atomic mass is 79.9. The van der Waals surface area contributed by atoms with Crippen molar-refractivity contribution >= 4 is 62.3 Å². The Morgan fingerprint density at radius 1 is 1.41 bits per heavy atom. The quantitative estimate of drug-likeness (QED) is 0.622. The summed E-state index contributed by atoms with van der Waals surface area (Å²) in [6.45, 7) is 2.06. The molecule has 1 aliphatic heterocycles. The van der Waals surface area contributed by atoms with Crippen molar-refractivity contribution in [2.75, 3.05) is 4.90 Å². The monoisotopic (exact) mass is 392 g/mol. The Morgan fingerprint density at radius 3 is 2.86 bits per heavy atom. The van der Waals surface area contributed by atoms with Gasteiger partial charge in [0.1, 0.15) is 5.70 Å². The molecule has 3 nitrogen and oxygen atoms in total. The van der Waals surface area contributed by atoms with Crippen LogP contribution in [-0.2, 0) is 11.2 Å². The molecule has 2 aromatic rings. The molecule has 1 aromatic carbocycles. The van der Waals surface area contributed by atoms with E-state index in [9.17, 15) is 4.79 Å². The number of para-hydroxylation sites is 1. The fourth-order valence-corrected chi connectivity index (χ4v) is 3.77. The molecule has 0 saturated carbocycles. The minimum absolute atomic E-state index is 0.117. The molecule has 0 atom stereocenters. The Bertz CT molecular complexity index is 782. The Kier molecular flexibility index (Phi) is 4.42. The summed E-state index contributed by atoms with van der Waals surface area (Å²) in [5.41, 5.74) is 3.42. The van der Waals surface area contributed by atoms with Gasteiger partial charge >= 0.3 is 0 Å². The van der Waals surface area contributed by atoms with Gasteiger partial charge in [-0.2, -0.15) is 0 Å². The molecule has 0 aliphatic carbocycles. The van der Waals surface area contributed by atoms with Gasteiger partial charge in [-0.3, -0.25) is 9.69 Å². The molecule has 1 aromatic heterocycles. The molecule has 1 N–H and O–H groups in total. The molecule has 112 valence electrons. The van der Waals surface area contributed by atoms with E-state index in [4.69, 9.17) is 12.2 Å². The lowest BCUT2D eigenvalue weighted by Crippen LogP contribution is -2.31. The van der Waals surface area contributed by atoms with Gasteiger partial charge in [-0.25, -0.2) is 0 Å². The standard InChI is InChI=1S/C16H13BrN2OS2/c1-2-11-5-3-4-6-13(11)19-15(20)12(18-16(19)21)7-10-8-14(17)22-9-10/h3-9H,2H2,1H3,(H,18,21)/b12-7+. The number of carbonyl (C=O) groups is 1. The van der Waals surface area contributed by atoms with Crippen LogP contribution < -0.4 is 10.2 Å². The number of hydrogen-bond donors (Lipinski definition) is 1. The second-order valence-electron chi connectivity index (χ2n) is 4.80. The molecule has 22 heavy (non-hydrogen) atoms. The fraction of sp³-hybridized carbons (Fsp3) is 0.125. The van der Waals surface area contributed by atoms with E-state index < -0.39 is 0 Å². The van der Waals surface area contributed by atoms with E-state index in [1.807, 2.05) is 41.8 Å². The highest BCUT2D eigenvalue weighted by Crippen LogP contribution is 2.28. The Labute approximate surface area is 146 Å². The maximum atomic E-state index is 12.7. The first-order chi connectivity index (χ1) is 10.6. The molecule has 1 aliphatic rings. The third-order valence-electron chi connectivity index (χ3n) is 3.39. The molecule has 1 saturated heterocycles. The van der Waals surface area contributed by atoms with E-state index in [1.54, 1.807) is 16.2 Å². The molecular formula is C16H13BrN2OS2. The molecular weight excluding hydrogens is 380 g/mol. The second kappa shape index (κ2) is 6.32. The number of hydrogen-bond acceptors (Lipinski definition) is 3. The fourth-order valence-electron chi connectivity index (χ4n) is 2.35. The molecule has 0 spiro atoms. The first kappa shape index (κ1) is 15.4. The van der Waals surface area contributed by atoms with Crippen LogP contribution in [0.4, 0.5) is 5.69 Å². The van der Waals surface area contributed by atoms with Crippen LogP contribution in [0.5, 0.6) is 0 Å². The van der Waals surface area contributed by atoms with Crippen LogP contribution in [0.2, 0.25) is 0 Å². The van der Waals surface area contributed by atoms with Gasteiger partial charge in [-0.15, -0.1) is 11.3 Å². The Morgan fingerprint density at radius 2 is 2.18 bits per heavy atom. The highest BCUT2D eigenvalue weighted by Gasteiger charge is 2.32. The van der Waals surface area contributed by atoms with Gasteiger partial charge in [0.2, 0.25) is 0 Å². The van der Waals surface area contributed by atoms with E-state index >= 15 is 0 Å². The Hall–Kier alpha value is -1.50. The molecule has 0 unspecified atom stereocenters. The van der Waals surface area contributed by atoms with E-state index in [0.29, 0.717) is 10.8 Å². The number of halogens is 1. The number of rotatable bonds is 3. The van der Waals surface area contributed by atoms with Gasteiger partial charge in [0.05, 0.1) is 9.47 Å². The second-order valence-corrected chi connectivity index (χ2v) is 7.47. The summed E-state index contributed by atoms with van der Waals surface area (Å²) in [5, 5.41) is 5.43. The maximum Gasteiger partial charge on any atom is 0.281 e. The van der Waals surface area contributed by atoms with E-state index in [0.717, 1.165) is 27.0 Å². The van der Waals surface area contributed by atoms with Crippen LogP contribution in [0.25, 0.3) is 6.08 Å². The molecule has 1 amide bonds. The Balaban J connectivity index is 1.97. The van der Waals surface area contributed by atoms with Crippen LogP contribution >= 0.6 is 39.5 Å². The molecule has 0 bridgehead atoms. The van der Waals surface area contributed by atoms with Crippen LogP contribution in [0, 0.1) is 0 Å². The number of nitrogens with zero attached hydrogens (tertiary/aromatic N) is 1. The van der Waals surface area contributed by atoms with E-state index in [2.05, 4.69) is 28.2 Å². The zero-order valence-electron chi connectivity index (χ0n) is 11.8. The number of aryl methyl sites for hydroxylation is 1. The van der Waals surface area contributed by atoms with Gasteiger partial charge < -0.3 is 5.32 Å². The molecule has 6 heteroatoms. The smallest absolute Gasteiger partial charge is 0.281 e. The molecule has 3 rings (SSSR count). The van der Waals surface area contributed by atoms with Crippen LogP contribution in [0.15, 0.2) is 45.2 Å². The predicted octanol–water partition coefficient (Wildman–Crippen LogP) is 4.34. The maximum absolute atomic E-state index is 12.7. The lowest BCUT2D eigenvalue weighted by molar-refractivity contribution is -0.113. The largest absolute Gasteiger partial charge is 0.327 e. The lowest BCUT2D eigenvalue weighted by atomic mass is 10.1. The number of carbonyl (C=O) groups excluding carboxylic acids is 1. The van der Waals surface area contributed by atoms with Crippen molar-refractivity contribution in [1.82, 2.24) is 5.32 Å². The van der Waals surface area contributed by atoms with Crippen molar-refractivity contribution in [3.8, 4) is 0 Å². The van der Waals surface area contributed by atoms with Gasteiger partial charge in [0, 0.05) is 0 Å². The topological polar surface area (TPSA) is 32.3 Å². The van der Waals surface area contributed by atoms with Crippen molar-refractivity contribution < 1.29 is 4.79 Å². The predicted molar refractivity (Wildman–Crippen MR) is 99.0 cm³/mol. The number of benzene rings is 1. The zero-order valence-corrected chi connectivity index (χ0v) is 15.0. The van der Waals surface area contributed by atoms with Gasteiger partial charge in [-0.1, -0.05) is 25.1 Å². The summed E-state index contributed by atoms with van der Waals surface area (Å²) < 4.78 is 1.03. The summed E-state index contributed by atoms with van der Waals surface area (Å²) in [6.07, 6.45) is 2.67. The van der Waals surface area contributed by atoms with Crippen molar-refractivity contribution in [3.63, 3.8) is 0 Å². The highest BCUT2D eigenvalue weighted by molar-refractivity contribution is 9.11. The average molecular weight is 393 g/mol. The minimum atomic E-state index is -0.117. The first-order valence-electron chi connectivity index (χ1n) is 6.79. The summed E-state index contributed by atoms with van der Waals surface area (Å²) in [4.78, 5) is 14.3. The summed E-state index contributed by atoms with van der Waals surface area (Å²) in [7, 11) is 0. The average Bonchev–Trinajstić information content (AvgIpc) is 3.03. The van der Waals surface area contributed by atoms with Crippen molar-refractivity contribution in [2.45, 2.75) is 13.3 Å². The SMILES string of the molecule is CCc1ccccc1N1C(=O)/C(=C\c2csc(Br)c2)NC1=S. The number of thiophene rings is 1. The minimum Gasteiger partial charge on any atom is -0.327 e. The van der Waals surface area contributed by atoms with Crippen molar-refractivity contribution in [2.24, 2.45) is 0 Å². The number of amides is 1. The van der Waals surface area contributed by atoms with Crippen molar-refractivity contribution in [1.29, 1.82) is 0 Å². The molecule has 1 fully saturated rings. The third-order valence-corrected chi connectivity index (χ3v) is 5.20. The van der Waals surface area contributed by atoms with Gasteiger partial charge in [0.25, 0.3) is 5.91 Å². The number of anilines is 1. The summed E-state index contributed by atoms with van der Waals surface area (Å²) in [6, 6.07) is 9.80. The lowest BCUT2D eigenvalue weighted by Gasteiger charge is -2.17. The molecule has 0 radical (unpaired) electrons. The summed E-state index contributed by atoms with van der Waals surface area (Å²) >= 11 is 10.4. The zero-order chi connectivity index (χ0) is 15.7. The number of nitrogens with one attached hydrogen (secondary N) is 1. The van der Waals surface area contributed by atoms with Crippen LogP contribution in [0.1, 0.15) is 18.1 Å². The number of thiocarbonyl (C=S) groups is 1. The van der Waals surface area contributed by atoms with E-state index in [-0.39, 0.29) is 5.91 Å². The third kappa shape index (κ3) is 2.86. The first-order valence-corrected chi connectivity index (χ1v) is 8.87. The van der Waals surface area contributed by atoms with Crippen LogP contribution in [-0.4, -0.2) is 11.0 Å². The molecule has 2 heterocycles.